The molecule has 7 nitrogen and oxygen atoms in total. The van der Waals surface area contributed by atoms with Crippen molar-refractivity contribution >= 4 is 34.1 Å². The molecule has 0 bridgehead atoms. The van der Waals surface area contributed by atoms with Gasteiger partial charge in [-0.1, -0.05) is 42.5 Å². The molecular weight excluding hydrogens is 549 g/mol. The van der Waals surface area contributed by atoms with E-state index in [0.29, 0.717) is 29.1 Å². The molecule has 1 aliphatic heterocycles. The van der Waals surface area contributed by atoms with Gasteiger partial charge >= 0.3 is 0 Å². The van der Waals surface area contributed by atoms with E-state index in [1.807, 2.05) is 77.8 Å². The van der Waals surface area contributed by atoms with Crippen LogP contribution in [0.5, 0.6) is 0 Å². The number of rotatable bonds is 5. The van der Waals surface area contributed by atoms with Crippen LogP contribution in [-0.2, 0) is 6.42 Å². The number of hydrogen-bond donors (Lipinski definition) is 2. The van der Waals surface area contributed by atoms with E-state index in [-0.39, 0.29) is 11.6 Å². The van der Waals surface area contributed by atoms with Crippen LogP contribution in [0, 0.1) is 12.7 Å². The molecular formula is C33H26FN5O2S. The summed E-state index contributed by atoms with van der Waals surface area (Å²) in [6, 6.07) is 26.0. The number of aromatic nitrogens is 3. The van der Waals surface area contributed by atoms with Gasteiger partial charge in [-0.3, -0.25) is 4.79 Å². The number of benzene rings is 2. The van der Waals surface area contributed by atoms with Crippen molar-refractivity contribution in [3.8, 4) is 21.7 Å². The average Bonchev–Trinajstić information content (AvgIpc) is 3.61. The molecule has 42 heavy (non-hydrogen) atoms. The number of anilines is 2. The third kappa shape index (κ3) is 4.52. The minimum atomic E-state index is -0.992. The van der Waals surface area contributed by atoms with E-state index in [4.69, 9.17) is 4.98 Å². The van der Waals surface area contributed by atoms with Crippen LogP contribution in [-0.4, -0.2) is 32.2 Å². The van der Waals surface area contributed by atoms with Crippen molar-refractivity contribution in [2.75, 3.05) is 16.8 Å². The summed E-state index contributed by atoms with van der Waals surface area (Å²) in [7, 11) is 0. The number of nitrogens with zero attached hydrogens (tertiary/aromatic N) is 4. The lowest BCUT2D eigenvalue weighted by molar-refractivity contribution is 0.103. The van der Waals surface area contributed by atoms with Crippen molar-refractivity contribution in [1.29, 1.82) is 0 Å². The number of aliphatic hydroxyl groups is 1. The number of pyridine rings is 2. The minimum Gasteiger partial charge on any atom is -0.368 e. The lowest BCUT2D eigenvalue weighted by Gasteiger charge is -2.30. The van der Waals surface area contributed by atoms with Gasteiger partial charge < -0.3 is 15.3 Å². The zero-order chi connectivity index (χ0) is 28.8. The maximum atomic E-state index is 14.4. The molecule has 0 fully saturated rings. The lowest BCUT2D eigenvalue weighted by atomic mass is 10.1. The third-order valence-corrected chi connectivity index (χ3v) is 8.82. The summed E-state index contributed by atoms with van der Waals surface area (Å²) in [5, 5.41) is 18.9. The first-order valence-electron chi connectivity index (χ1n) is 13.6. The van der Waals surface area contributed by atoms with Gasteiger partial charge in [0.2, 0.25) is 0 Å². The summed E-state index contributed by atoms with van der Waals surface area (Å²) in [6.07, 6.45) is 3.29. The van der Waals surface area contributed by atoms with Crippen molar-refractivity contribution in [1.82, 2.24) is 14.6 Å². The number of nitrogens with one attached hydrogen (secondary N) is 1. The molecule has 1 unspecified atom stereocenters. The van der Waals surface area contributed by atoms with E-state index in [1.165, 1.54) is 17.4 Å². The first kappa shape index (κ1) is 26.1. The number of carbonyl (C=O) groups excluding carboxylic acids is 1. The van der Waals surface area contributed by atoms with Crippen molar-refractivity contribution in [3.63, 3.8) is 0 Å². The summed E-state index contributed by atoms with van der Waals surface area (Å²) in [6.45, 7) is 2.28. The van der Waals surface area contributed by atoms with Crippen molar-refractivity contribution in [2.45, 2.75) is 19.6 Å². The quantitative estimate of drug-likeness (QED) is 0.234. The second-order valence-electron chi connectivity index (χ2n) is 10.2. The second kappa shape index (κ2) is 10.5. The highest BCUT2D eigenvalue weighted by Crippen LogP contribution is 2.43. The van der Waals surface area contributed by atoms with E-state index >= 15 is 0 Å². The summed E-state index contributed by atoms with van der Waals surface area (Å²) in [4.78, 5) is 21.4. The van der Waals surface area contributed by atoms with Gasteiger partial charge in [0.1, 0.15) is 5.82 Å². The van der Waals surface area contributed by atoms with Crippen molar-refractivity contribution in [2.24, 2.45) is 0 Å². The van der Waals surface area contributed by atoms with Crippen molar-refractivity contribution < 1.29 is 14.3 Å². The van der Waals surface area contributed by atoms with Crippen molar-refractivity contribution in [3.05, 3.63) is 125 Å². The average molecular weight is 576 g/mol. The molecule has 5 heterocycles. The number of thiophene rings is 1. The Labute approximate surface area is 245 Å². The summed E-state index contributed by atoms with van der Waals surface area (Å²) >= 11 is 1.37. The Kier molecular flexibility index (Phi) is 6.53. The Bertz CT molecular complexity index is 1950. The van der Waals surface area contributed by atoms with Gasteiger partial charge in [0, 0.05) is 34.4 Å². The van der Waals surface area contributed by atoms with Gasteiger partial charge in [-0.25, -0.2) is 13.9 Å². The monoisotopic (exact) mass is 575 g/mol. The highest BCUT2D eigenvalue weighted by molar-refractivity contribution is 7.17. The van der Waals surface area contributed by atoms with E-state index in [2.05, 4.69) is 10.4 Å². The summed E-state index contributed by atoms with van der Waals surface area (Å²) in [5.41, 5.74) is 6.73. The molecule has 0 saturated heterocycles. The van der Waals surface area contributed by atoms with Crippen LogP contribution in [0.1, 0.15) is 32.7 Å². The van der Waals surface area contributed by atoms with Crippen LogP contribution in [0.2, 0.25) is 0 Å². The van der Waals surface area contributed by atoms with Crippen LogP contribution in [0.25, 0.3) is 27.2 Å². The zero-order valence-electron chi connectivity index (χ0n) is 22.7. The Balaban J connectivity index is 1.20. The molecule has 208 valence electrons. The van der Waals surface area contributed by atoms with E-state index in [1.54, 1.807) is 29.8 Å². The number of aryl methyl sites for hydroxylation is 1. The molecule has 1 aliphatic rings. The number of para-hydroxylation sites is 2. The molecule has 2 aromatic carbocycles. The van der Waals surface area contributed by atoms with Crippen LogP contribution >= 0.6 is 11.3 Å². The molecule has 0 aliphatic carbocycles. The summed E-state index contributed by atoms with van der Waals surface area (Å²) < 4.78 is 16.2. The van der Waals surface area contributed by atoms with E-state index < -0.39 is 12.0 Å². The fourth-order valence-corrected chi connectivity index (χ4v) is 6.63. The number of halogens is 1. The topological polar surface area (TPSA) is 82.8 Å². The molecule has 4 aromatic heterocycles. The Morgan fingerprint density at radius 1 is 1.02 bits per heavy atom. The summed E-state index contributed by atoms with van der Waals surface area (Å²) in [5.74, 6) is -0.806. The number of fused-ring (bicyclic) bond motifs is 4. The van der Waals surface area contributed by atoms with E-state index in [9.17, 15) is 14.3 Å². The van der Waals surface area contributed by atoms with Gasteiger partial charge in [-0.05, 0) is 66.9 Å². The first-order chi connectivity index (χ1) is 20.5. The number of aliphatic hydroxyl groups excluding tert-OH is 1. The molecule has 1 atom stereocenters. The Morgan fingerprint density at radius 3 is 2.74 bits per heavy atom. The van der Waals surface area contributed by atoms with Gasteiger partial charge in [0.25, 0.3) is 5.91 Å². The lowest BCUT2D eigenvalue weighted by Crippen LogP contribution is -2.30. The van der Waals surface area contributed by atoms with Gasteiger partial charge in [0.15, 0.2) is 6.23 Å². The standard InChI is InChI=1S/C33H26FN5O2S/c1-20-8-6-10-24(34)30(20)37-32(40)29-18-21-15-17-38(27-13-3-2-9-22(27)31(21)42-29)33(41)26-12-7-11-25(36-26)23-19-35-39-16-5-4-14-28(23)39/h2-14,16,18-19,33,41H,15,17H2,1H3,(H,37,40). The fraction of sp³-hybridized carbons (Fsp3) is 0.121. The highest BCUT2D eigenvalue weighted by atomic mass is 32.1. The van der Waals surface area contributed by atoms with Crippen LogP contribution in [0.3, 0.4) is 0 Å². The molecule has 0 saturated carbocycles. The first-order valence-corrected chi connectivity index (χ1v) is 14.4. The molecule has 0 spiro atoms. The predicted octanol–water partition coefficient (Wildman–Crippen LogP) is 6.88. The van der Waals surface area contributed by atoms with Crippen LogP contribution < -0.4 is 10.2 Å². The predicted molar refractivity (Wildman–Crippen MR) is 163 cm³/mol. The molecule has 6 aromatic rings. The maximum Gasteiger partial charge on any atom is 0.265 e. The normalized spacial score (nSPS) is 13.4. The zero-order valence-corrected chi connectivity index (χ0v) is 23.5. The molecule has 1 amide bonds. The maximum absolute atomic E-state index is 14.4. The number of amides is 1. The number of carbonyl (C=O) groups is 1. The molecule has 2 N–H and O–H groups in total. The fourth-order valence-electron chi connectivity index (χ4n) is 5.49. The van der Waals surface area contributed by atoms with Gasteiger partial charge in [-0.2, -0.15) is 5.10 Å². The van der Waals surface area contributed by atoms with Gasteiger partial charge in [-0.15, -0.1) is 11.3 Å². The third-order valence-electron chi connectivity index (χ3n) is 7.61. The van der Waals surface area contributed by atoms with Crippen LogP contribution in [0.4, 0.5) is 15.8 Å². The highest BCUT2D eigenvalue weighted by Gasteiger charge is 2.28. The molecule has 0 radical (unpaired) electrons. The Hall–Kier alpha value is -4.86. The second-order valence-corrected chi connectivity index (χ2v) is 11.3. The largest absolute Gasteiger partial charge is 0.368 e. The van der Waals surface area contributed by atoms with Crippen LogP contribution in [0.15, 0.2) is 97.3 Å². The Morgan fingerprint density at radius 2 is 1.86 bits per heavy atom. The minimum absolute atomic E-state index is 0.194. The smallest absolute Gasteiger partial charge is 0.265 e. The SMILES string of the molecule is Cc1cccc(F)c1NC(=O)c1cc2c(s1)-c1ccccc1N(C(O)c1cccc(-c3cnn4ccccc34)n1)CC2. The van der Waals surface area contributed by atoms with E-state index in [0.717, 1.165) is 38.5 Å². The molecule has 9 heteroatoms. The molecule has 7 rings (SSSR count). The number of hydrogen-bond acceptors (Lipinski definition) is 6. The van der Waals surface area contributed by atoms with Gasteiger partial charge in [0.05, 0.1) is 33.7 Å².